The van der Waals surface area contributed by atoms with E-state index in [1.54, 1.807) is 0 Å². The number of unbranched alkanes of at least 4 members (excludes halogenated alkanes) is 26. The first-order valence-electron chi connectivity index (χ1n) is 25.7. The molecule has 2 fully saturated rings. The largest absolute Gasteiger partial charge is 0.396 e. The minimum Gasteiger partial charge on any atom is -0.396 e. The third-order valence-electron chi connectivity index (χ3n) is 13.3. The first-order valence-corrected chi connectivity index (χ1v) is 25.7. The zero-order valence-corrected chi connectivity index (χ0v) is 39.6. The van der Waals surface area contributed by atoms with Gasteiger partial charge in [-0.25, -0.2) is 9.59 Å². The van der Waals surface area contributed by atoms with E-state index in [-0.39, 0.29) is 50.0 Å². The van der Waals surface area contributed by atoms with Gasteiger partial charge in [-0.3, -0.25) is 0 Å². The van der Waals surface area contributed by atoms with Gasteiger partial charge < -0.3 is 50.8 Å². The molecule has 12 nitrogen and oxygen atoms in total. The molecule has 4 amide bonds. The minimum atomic E-state index is -1.13. The summed E-state index contributed by atoms with van der Waals surface area (Å²) >= 11 is 0. The SMILES string of the molecule is CCCCCCCCCCCCCCCCNC(=O)NCC1O[C@H](O[C@H]2OC(CNC(=O)NCCCCCCCCCCCCCCCC)[C@@H](C)C(C)C2O)C(O)C[C@@H]1CO. The van der Waals surface area contributed by atoms with Crippen LogP contribution >= 0.6 is 0 Å². The molecule has 61 heavy (non-hydrogen) atoms. The molecule has 9 atom stereocenters. The van der Waals surface area contributed by atoms with Gasteiger partial charge in [0.1, 0.15) is 12.2 Å². The Morgan fingerprint density at radius 1 is 0.508 bits per heavy atom. The molecule has 360 valence electrons. The van der Waals surface area contributed by atoms with Crippen molar-refractivity contribution in [3.05, 3.63) is 0 Å². The van der Waals surface area contributed by atoms with E-state index in [1.165, 1.54) is 154 Å². The maximum absolute atomic E-state index is 12.6. The highest BCUT2D eigenvalue weighted by molar-refractivity contribution is 5.74. The van der Waals surface area contributed by atoms with Gasteiger partial charge in [-0.1, -0.05) is 195 Å². The monoisotopic (exact) mass is 869 g/mol. The number of hydrogen-bond donors (Lipinski definition) is 7. The lowest BCUT2D eigenvalue weighted by atomic mass is 9.83. The maximum Gasteiger partial charge on any atom is 0.314 e. The Hall–Kier alpha value is -1.70. The molecule has 12 heteroatoms. The van der Waals surface area contributed by atoms with Crippen molar-refractivity contribution >= 4 is 12.1 Å². The van der Waals surface area contributed by atoms with Crippen LogP contribution in [0.1, 0.15) is 214 Å². The van der Waals surface area contributed by atoms with Crippen LogP contribution in [0.15, 0.2) is 0 Å². The van der Waals surface area contributed by atoms with Crippen molar-refractivity contribution in [1.29, 1.82) is 0 Å². The number of amides is 4. The van der Waals surface area contributed by atoms with Gasteiger partial charge in [0.25, 0.3) is 0 Å². The Labute approximate surface area is 372 Å². The van der Waals surface area contributed by atoms with Crippen LogP contribution in [0.3, 0.4) is 0 Å². The van der Waals surface area contributed by atoms with Crippen LogP contribution in [-0.2, 0) is 14.2 Å². The van der Waals surface area contributed by atoms with Gasteiger partial charge in [0, 0.05) is 38.7 Å². The molecule has 0 radical (unpaired) electrons. The van der Waals surface area contributed by atoms with Crippen molar-refractivity contribution < 1.29 is 39.1 Å². The summed E-state index contributed by atoms with van der Waals surface area (Å²) in [5, 5.41) is 43.7. The van der Waals surface area contributed by atoms with E-state index in [1.807, 2.05) is 13.8 Å². The summed E-state index contributed by atoms with van der Waals surface area (Å²) in [4.78, 5) is 25.2. The summed E-state index contributed by atoms with van der Waals surface area (Å²) in [5.41, 5.74) is 0. The highest BCUT2D eigenvalue weighted by atomic mass is 16.8. The smallest absolute Gasteiger partial charge is 0.314 e. The van der Waals surface area contributed by atoms with Gasteiger partial charge in [0.2, 0.25) is 0 Å². The highest BCUT2D eigenvalue weighted by Crippen LogP contribution is 2.34. The van der Waals surface area contributed by atoms with Crippen LogP contribution in [-0.4, -0.2) is 97.2 Å². The summed E-state index contributed by atoms with van der Waals surface area (Å²) in [5.74, 6) is -0.690. The van der Waals surface area contributed by atoms with Crippen LogP contribution in [0.25, 0.3) is 0 Å². The third kappa shape index (κ3) is 26.0. The summed E-state index contributed by atoms with van der Waals surface area (Å²) in [6.45, 7) is 9.79. The standard InChI is InChI=1S/C49H96N4O8/c1-5-7-9-11-13-15-17-19-21-23-25-27-29-31-33-50-48(57)52-36-43-39(3)40(4)45(56)47(59-43)61-46-42(55)35-41(38-54)44(60-46)37-53-49(58)51-34-32-30-28-26-24-22-20-18-16-14-12-10-8-6-2/h39-47,54-56H,5-38H2,1-4H3,(H2,50,52,57)(H2,51,53,58)/t39-,40?,41+,42?,43?,44?,45?,46+,47+/m0/s1. The average Bonchev–Trinajstić information content (AvgIpc) is 3.25. The van der Waals surface area contributed by atoms with Crippen LogP contribution in [0.4, 0.5) is 9.59 Å². The molecule has 0 aliphatic carbocycles. The second kappa shape index (κ2) is 36.6. The molecule has 0 aromatic heterocycles. The number of aliphatic hydroxyl groups is 3. The van der Waals surface area contributed by atoms with E-state index < -0.39 is 42.9 Å². The molecule has 0 spiro atoms. The predicted molar refractivity (Wildman–Crippen MR) is 247 cm³/mol. The Kier molecular flexibility index (Phi) is 33.3. The first-order chi connectivity index (χ1) is 29.7. The van der Waals surface area contributed by atoms with Crippen LogP contribution < -0.4 is 21.3 Å². The van der Waals surface area contributed by atoms with E-state index >= 15 is 0 Å². The molecule has 0 aromatic carbocycles. The molecule has 7 N–H and O–H groups in total. The van der Waals surface area contributed by atoms with Crippen molar-refractivity contribution in [2.45, 2.75) is 251 Å². The highest BCUT2D eigenvalue weighted by Gasteiger charge is 2.45. The molecular formula is C49H96N4O8. The molecular weight excluding hydrogens is 773 g/mol. The van der Waals surface area contributed by atoms with Crippen molar-refractivity contribution in [3.63, 3.8) is 0 Å². The molecule has 2 rings (SSSR count). The Morgan fingerprint density at radius 3 is 1.26 bits per heavy atom. The quantitative estimate of drug-likeness (QED) is 0.0303. The Morgan fingerprint density at radius 2 is 0.869 bits per heavy atom. The van der Waals surface area contributed by atoms with Gasteiger partial charge in [-0.2, -0.15) is 0 Å². The average molecular weight is 869 g/mol. The first kappa shape index (κ1) is 55.4. The number of carbonyl (C=O) groups excluding carboxylic acids is 2. The van der Waals surface area contributed by atoms with Gasteiger partial charge in [0.15, 0.2) is 12.6 Å². The summed E-state index contributed by atoms with van der Waals surface area (Å²) in [6, 6.07) is -0.548. The lowest BCUT2D eigenvalue weighted by Gasteiger charge is -2.45. The molecule has 2 aliphatic heterocycles. The molecule has 0 bridgehead atoms. The molecule has 2 heterocycles. The zero-order valence-electron chi connectivity index (χ0n) is 39.6. The predicted octanol–water partition coefficient (Wildman–Crippen LogP) is 10.0. The number of rotatable bonds is 37. The second-order valence-corrected chi connectivity index (χ2v) is 18.6. The molecule has 0 saturated carbocycles. The van der Waals surface area contributed by atoms with E-state index in [4.69, 9.17) is 14.2 Å². The Bertz CT molecular complexity index is 1060. The van der Waals surface area contributed by atoms with Crippen molar-refractivity contribution in [1.82, 2.24) is 21.3 Å². The van der Waals surface area contributed by atoms with Gasteiger partial charge in [-0.15, -0.1) is 0 Å². The number of carbonyl (C=O) groups is 2. The summed E-state index contributed by atoms with van der Waals surface area (Å²) in [7, 11) is 0. The number of hydrogen-bond acceptors (Lipinski definition) is 8. The molecule has 2 saturated heterocycles. The van der Waals surface area contributed by atoms with Crippen LogP contribution in [0.5, 0.6) is 0 Å². The maximum atomic E-state index is 12.6. The second-order valence-electron chi connectivity index (χ2n) is 18.6. The normalized spacial score (nSPS) is 25.3. The molecule has 2 aliphatic rings. The molecule has 5 unspecified atom stereocenters. The minimum absolute atomic E-state index is 0.0723. The fraction of sp³-hybridized carbons (Fsp3) is 0.959. The lowest BCUT2D eigenvalue weighted by molar-refractivity contribution is -0.350. The number of urea groups is 2. The van der Waals surface area contributed by atoms with Crippen molar-refractivity contribution in [3.8, 4) is 0 Å². The fourth-order valence-corrected chi connectivity index (χ4v) is 8.78. The lowest BCUT2D eigenvalue weighted by Crippen LogP contribution is -2.58. The van der Waals surface area contributed by atoms with Crippen LogP contribution in [0.2, 0.25) is 0 Å². The van der Waals surface area contributed by atoms with Gasteiger partial charge in [0.05, 0.1) is 12.2 Å². The Balaban J connectivity index is 1.60. The van der Waals surface area contributed by atoms with E-state index in [0.717, 1.165) is 25.7 Å². The zero-order chi connectivity index (χ0) is 44.3. The number of ether oxygens (including phenoxy) is 3. The van der Waals surface area contributed by atoms with E-state index in [0.29, 0.717) is 13.1 Å². The van der Waals surface area contributed by atoms with Gasteiger partial charge >= 0.3 is 12.1 Å². The van der Waals surface area contributed by atoms with E-state index in [2.05, 4.69) is 35.1 Å². The van der Waals surface area contributed by atoms with Gasteiger partial charge in [-0.05, 0) is 31.1 Å². The third-order valence-corrected chi connectivity index (χ3v) is 13.3. The number of aliphatic hydroxyl groups excluding tert-OH is 3. The molecule has 0 aromatic rings. The number of nitrogens with one attached hydrogen (secondary N) is 4. The summed E-state index contributed by atoms with van der Waals surface area (Å²) in [6.07, 6.45) is 31.0. The van der Waals surface area contributed by atoms with Crippen molar-refractivity contribution in [2.75, 3.05) is 32.8 Å². The fourth-order valence-electron chi connectivity index (χ4n) is 8.78. The van der Waals surface area contributed by atoms with Crippen LogP contribution in [0, 0.1) is 17.8 Å². The van der Waals surface area contributed by atoms with Crippen molar-refractivity contribution in [2.24, 2.45) is 17.8 Å². The van der Waals surface area contributed by atoms with E-state index in [9.17, 15) is 24.9 Å². The summed E-state index contributed by atoms with van der Waals surface area (Å²) < 4.78 is 18.4. The topological polar surface area (TPSA) is 171 Å².